The Bertz CT molecular complexity index is 1560. The zero-order chi connectivity index (χ0) is 25.5. The van der Waals surface area contributed by atoms with Crippen molar-refractivity contribution in [2.24, 2.45) is 0 Å². The Kier molecular flexibility index (Phi) is 6.56. The summed E-state index contributed by atoms with van der Waals surface area (Å²) in [7, 11) is -4.70. The van der Waals surface area contributed by atoms with Crippen LogP contribution in [-0.4, -0.2) is 18.4 Å². The van der Waals surface area contributed by atoms with E-state index in [1.807, 2.05) is 13.8 Å². The molecule has 2 N–H and O–H groups in total. The molecule has 0 spiro atoms. The van der Waals surface area contributed by atoms with Crippen LogP contribution in [0.5, 0.6) is 0 Å². The van der Waals surface area contributed by atoms with Crippen molar-refractivity contribution in [1.29, 1.82) is 0 Å². The van der Waals surface area contributed by atoms with Gasteiger partial charge in [0.1, 0.15) is 0 Å². The number of nitrogens with zero attached hydrogens (tertiary/aromatic N) is 2. The molecule has 12 heteroatoms. The van der Waals surface area contributed by atoms with E-state index in [4.69, 9.17) is 23.2 Å². The van der Waals surface area contributed by atoms with Gasteiger partial charge in [-0.15, -0.1) is 0 Å². The van der Waals surface area contributed by atoms with Crippen LogP contribution in [0.15, 0.2) is 59.5 Å². The third-order valence-electron chi connectivity index (χ3n) is 5.18. The van der Waals surface area contributed by atoms with E-state index in [9.17, 15) is 21.6 Å². The van der Waals surface area contributed by atoms with Gasteiger partial charge < -0.3 is 5.32 Å². The van der Waals surface area contributed by atoms with Crippen LogP contribution in [0.1, 0.15) is 16.7 Å². The van der Waals surface area contributed by atoms with Gasteiger partial charge in [0.25, 0.3) is 10.0 Å². The molecule has 6 nitrogen and oxygen atoms in total. The summed E-state index contributed by atoms with van der Waals surface area (Å²) in [6.45, 7) is 3.73. The summed E-state index contributed by atoms with van der Waals surface area (Å²) in [4.78, 5) is 7.90. The zero-order valence-corrected chi connectivity index (χ0v) is 20.5. The fraction of sp³-hybridized carbons (Fsp3) is 0.130. The number of halogens is 5. The van der Waals surface area contributed by atoms with E-state index in [0.717, 1.165) is 23.3 Å². The number of sulfonamides is 1. The van der Waals surface area contributed by atoms with E-state index < -0.39 is 26.7 Å². The zero-order valence-electron chi connectivity index (χ0n) is 18.2. The first-order chi connectivity index (χ1) is 16.3. The second-order valence-corrected chi connectivity index (χ2v) is 10.2. The molecule has 0 aliphatic carbocycles. The normalized spacial score (nSPS) is 12.1. The largest absolute Gasteiger partial charge is 0.417 e. The van der Waals surface area contributed by atoms with Crippen LogP contribution in [0.3, 0.4) is 0 Å². The molecule has 1 aromatic heterocycles. The summed E-state index contributed by atoms with van der Waals surface area (Å²) >= 11 is 12.0. The minimum atomic E-state index is -4.88. The van der Waals surface area contributed by atoms with Gasteiger partial charge in [0.2, 0.25) is 0 Å². The minimum absolute atomic E-state index is 0.0350. The highest BCUT2D eigenvalue weighted by atomic mass is 35.5. The lowest BCUT2D eigenvalue weighted by atomic mass is 10.1. The lowest BCUT2D eigenvalue weighted by Crippen LogP contribution is -2.20. The van der Waals surface area contributed by atoms with Gasteiger partial charge in [-0.1, -0.05) is 35.3 Å². The van der Waals surface area contributed by atoms with E-state index in [0.29, 0.717) is 27.8 Å². The third kappa shape index (κ3) is 5.29. The Morgan fingerprint density at radius 1 is 0.829 bits per heavy atom. The number of fused-ring (bicyclic) bond motifs is 1. The number of anilines is 3. The van der Waals surface area contributed by atoms with Gasteiger partial charge in [-0.3, -0.25) is 4.72 Å². The van der Waals surface area contributed by atoms with Crippen molar-refractivity contribution in [1.82, 2.24) is 9.97 Å². The smallest absolute Gasteiger partial charge is 0.337 e. The maximum atomic E-state index is 13.5. The molecule has 4 rings (SSSR count). The van der Waals surface area contributed by atoms with E-state index >= 15 is 0 Å². The quantitative estimate of drug-likeness (QED) is 0.281. The molecule has 4 aromatic rings. The maximum absolute atomic E-state index is 13.5. The van der Waals surface area contributed by atoms with Gasteiger partial charge in [-0.25, -0.2) is 18.4 Å². The SMILES string of the molecule is Cc1cc2nc(Nc3ccc(Cl)c(Cl)c3)c(NS(=O)(=O)c3ccccc3C(F)(F)F)nc2cc1C. The second kappa shape index (κ2) is 9.18. The lowest BCUT2D eigenvalue weighted by Gasteiger charge is -2.17. The predicted molar refractivity (Wildman–Crippen MR) is 131 cm³/mol. The summed E-state index contributed by atoms with van der Waals surface area (Å²) < 4.78 is 68.8. The van der Waals surface area contributed by atoms with Crippen LogP contribution in [0.4, 0.5) is 30.5 Å². The Morgan fingerprint density at radius 2 is 1.43 bits per heavy atom. The van der Waals surface area contributed by atoms with Crippen LogP contribution in [-0.2, 0) is 16.2 Å². The van der Waals surface area contributed by atoms with Crippen molar-refractivity contribution in [2.75, 3.05) is 10.0 Å². The molecule has 1 heterocycles. The van der Waals surface area contributed by atoms with Crippen molar-refractivity contribution in [2.45, 2.75) is 24.9 Å². The molecule has 0 fully saturated rings. The second-order valence-electron chi connectivity index (χ2n) is 7.70. The molecule has 0 bridgehead atoms. The van der Waals surface area contributed by atoms with E-state index in [-0.39, 0.29) is 16.7 Å². The molecule has 0 unspecified atom stereocenters. The summed E-state index contributed by atoms with van der Waals surface area (Å²) in [5, 5.41) is 3.46. The third-order valence-corrected chi connectivity index (χ3v) is 7.31. The maximum Gasteiger partial charge on any atom is 0.417 e. The van der Waals surface area contributed by atoms with E-state index in [1.165, 1.54) is 18.2 Å². The summed E-state index contributed by atoms with van der Waals surface area (Å²) in [5.74, 6) is -0.323. The minimum Gasteiger partial charge on any atom is -0.337 e. The molecule has 0 aliphatic rings. The Labute approximate surface area is 209 Å². The van der Waals surface area contributed by atoms with Crippen LogP contribution >= 0.6 is 23.2 Å². The fourth-order valence-corrected chi connectivity index (χ4v) is 4.83. The van der Waals surface area contributed by atoms with Crippen LogP contribution < -0.4 is 10.0 Å². The number of aryl methyl sites for hydroxylation is 2. The molecule has 0 atom stereocenters. The number of nitrogens with one attached hydrogen (secondary N) is 2. The van der Waals surface area contributed by atoms with Crippen molar-refractivity contribution in [3.8, 4) is 0 Å². The highest BCUT2D eigenvalue weighted by Crippen LogP contribution is 2.36. The van der Waals surface area contributed by atoms with Gasteiger partial charge in [-0.2, -0.15) is 13.2 Å². The number of rotatable bonds is 5. The molecule has 0 aliphatic heterocycles. The average Bonchev–Trinajstić information content (AvgIpc) is 2.77. The van der Waals surface area contributed by atoms with Crippen molar-refractivity contribution >= 4 is 61.6 Å². The highest BCUT2D eigenvalue weighted by molar-refractivity contribution is 7.92. The van der Waals surface area contributed by atoms with E-state index in [2.05, 4.69) is 20.0 Å². The van der Waals surface area contributed by atoms with Crippen LogP contribution in [0, 0.1) is 13.8 Å². The Morgan fingerprint density at radius 3 is 2.03 bits per heavy atom. The summed E-state index contributed by atoms with van der Waals surface area (Å²) in [5.41, 5.74) is 1.73. The molecular weight excluding hydrogens is 524 g/mol. The molecule has 0 saturated carbocycles. The van der Waals surface area contributed by atoms with Crippen LogP contribution in [0.2, 0.25) is 10.0 Å². The molecule has 0 radical (unpaired) electrons. The van der Waals surface area contributed by atoms with Crippen LogP contribution in [0.25, 0.3) is 11.0 Å². The number of benzene rings is 3. The van der Waals surface area contributed by atoms with Crippen molar-refractivity contribution in [3.05, 3.63) is 81.3 Å². The standard InChI is InChI=1S/C23H17Cl2F3N4O2S/c1-12-9-18-19(10-13(12)2)31-22(21(30-18)29-14-7-8-16(24)17(25)11-14)32-35(33,34)20-6-4-3-5-15(20)23(26,27)28/h3-11H,1-2H3,(H,29,30)(H,31,32). The summed E-state index contributed by atoms with van der Waals surface area (Å²) in [6.07, 6.45) is -4.88. The topological polar surface area (TPSA) is 84.0 Å². The van der Waals surface area contributed by atoms with E-state index in [1.54, 1.807) is 18.2 Å². The summed E-state index contributed by atoms with van der Waals surface area (Å²) in [6, 6.07) is 12.0. The number of aromatic nitrogens is 2. The van der Waals surface area contributed by atoms with Gasteiger partial charge in [0.05, 0.1) is 31.5 Å². The van der Waals surface area contributed by atoms with Crippen molar-refractivity contribution < 1.29 is 21.6 Å². The molecular formula is C23H17Cl2F3N4O2S. The Balaban J connectivity index is 1.86. The predicted octanol–water partition coefficient (Wildman–Crippen LogP) is 7.12. The molecule has 3 aromatic carbocycles. The molecule has 0 saturated heterocycles. The number of hydrogen-bond acceptors (Lipinski definition) is 5. The number of hydrogen-bond donors (Lipinski definition) is 2. The first-order valence-corrected chi connectivity index (χ1v) is 12.3. The molecule has 35 heavy (non-hydrogen) atoms. The first-order valence-electron chi connectivity index (χ1n) is 10.1. The van der Waals surface area contributed by atoms with Gasteiger partial charge >= 0.3 is 6.18 Å². The molecule has 0 amide bonds. The number of alkyl halides is 3. The average molecular weight is 541 g/mol. The first kappa shape index (κ1) is 25.0. The van der Waals surface area contributed by atoms with Gasteiger partial charge in [-0.05, 0) is 67.4 Å². The van der Waals surface area contributed by atoms with Gasteiger partial charge in [0, 0.05) is 5.69 Å². The Hall–Kier alpha value is -3.08. The lowest BCUT2D eigenvalue weighted by molar-refractivity contribution is -0.139. The van der Waals surface area contributed by atoms with Gasteiger partial charge in [0.15, 0.2) is 11.6 Å². The highest BCUT2D eigenvalue weighted by Gasteiger charge is 2.37. The fourth-order valence-electron chi connectivity index (χ4n) is 3.30. The molecule has 182 valence electrons. The van der Waals surface area contributed by atoms with Crippen molar-refractivity contribution in [3.63, 3.8) is 0 Å². The monoisotopic (exact) mass is 540 g/mol.